The molecule has 0 unspecified atom stereocenters. The van der Waals surface area contributed by atoms with Crippen molar-refractivity contribution in [2.75, 3.05) is 54.0 Å². The molecule has 15 nitrogen and oxygen atoms in total. The number of hydrogen-bond acceptors (Lipinski definition) is 13. The maximum absolute atomic E-state index is 13.1. The molecule has 2 aromatic carbocycles. The van der Waals surface area contributed by atoms with Crippen molar-refractivity contribution in [2.24, 2.45) is 0 Å². The molecule has 1 fully saturated rings. The molecule has 0 spiro atoms. The fourth-order valence-corrected chi connectivity index (χ4v) is 7.70. The first kappa shape index (κ1) is 45.7. The predicted molar refractivity (Wildman–Crippen MR) is 184 cm³/mol. The summed E-state index contributed by atoms with van der Waals surface area (Å²) in [6.45, 7) is 8.40. The molecule has 2 amide bonds. The summed E-state index contributed by atoms with van der Waals surface area (Å²) in [7, 11) is -4.77. The van der Waals surface area contributed by atoms with Crippen molar-refractivity contribution >= 4 is 31.5 Å². The van der Waals surface area contributed by atoms with Gasteiger partial charge in [-0.25, -0.2) is 27.8 Å². The number of ether oxygens (including phenoxy) is 4. The van der Waals surface area contributed by atoms with Gasteiger partial charge in [0, 0.05) is 13.2 Å². The molecular formula is C32H53N3O12S2. The van der Waals surface area contributed by atoms with Crippen LogP contribution < -0.4 is 20.4 Å². The van der Waals surface area contributed by atoms with Gasteiger partial charge in [0.1, 0.15) is 11.5 Å². The van der Waals surface area contributed by atoms with Gasteiger partial charge in [-0.2, -0.15) is 0 Å². The van der Waals surface area contributed by atoms with Crippen LogP contribution in [0.25, 0.3) is 0 Å². The number of likely N-dealkylation sites (tertiary alicyclic amines) is 1. The van der Waals surface area contributed by atoms with Gasteiger partial charge in [0.15, 0.2) is 42.8 Å². The average Bonchev–Trinajstić information content (AvgIpc) is 3.06. The molecule has 0 bridgehead atoms. The van der Waals surface area contributed by atoms with Crippen LogP contribution in [-0.2, 0) is 43.6 Å². The van der Waals surface area contributed by atoms with Crippen molar-refractivity contribution in [1.82, 2.24) is 15.9 Å². The molecule has 0 aromatic heterocycles. The fourth-order valence-electron chi connectivity index (χ4n) is 4.37. The Morgan fingerprint density at radius 1 is 0.837 bits per heavy atom. The second-order valence-corrected chi connectivity index (χ2v) is 15.6. The van der Waals surface area contributed by atoms with Crippen LogP contribution in [0, 0.1) is 0 Å². The Balaban J connectivity index is 0.000000911. The molecule has 0 radical (unpaired) electrons. The van der Waals surface area contributed by atoms with Crippen molar-refractivity contribution in [3.8, 4) is 11.5 Å². The Morgan fingerprint density at radius 2 is 1.27 bits per heavy atom. The van der Waals surface area contributed by atoms with Gasteiger partial charge in [-0.1, -0.05) is 14.9 Å². The molecule has 1 saturated heterocycles. The third-order valence-electron chi connectivity index (χ3n) is 7.53. The number of benzene rings is 2. The Hall–Kier alpha value is -3.32. The Bertz CT molecular complexity index is 1510. The van der Waals surface area contributed by atoms with Crippen LogP contribution in [0.15, 0.2) is 58.3 Å². The third-order valence-corrected chi connectivity index (χ3v) is 12.5. The van der Waals surface area contributed by atoms with E-state index in [0.717, 1.165) is 0 Å². The zero-order chi connectivity index (χ0) is 35.3. The number of piperidine rings is 1. The first-order valence-electron chi connectivity index (χ1n) is 14.7. The van der Waals surface area contributed by atoms with E-state index in [9.17, 15) is 26.4 Å². The highest BCUT2D eigenvalue weighted by atomic mass is 32.2. The van der Waals surface area contributed by atoms with Gasteiger partial charge in [0.25, 0.3) is 11.8 Å². The minimum Gasteiger partial charge on any atom is -0.468 e. The smallest absolute Gasteiger partial charge is 0.265 e. The second kappa shape index (κ2) is 20.4. The van der Waals surface area contributed by atoms with Crippen molar-refractivity contribution in [2.45, 2.75) is 74.7 Å². The molecule has 280 valence electrons. The molecule has 0 saturated carbocycles. The minimum absolute atomic E-state index is 0. The summed E-state index contributed by atoms with van der Waals surface area (Å²) in [5.41, 5.74) is 3.58. The van der Waals surface area contributed by atoms with Gasteiger partial charge in [-0.3, -0.25) is 19.6 Å². The summed E-state index contributed by atoms with van der Waals surface area (Å²) < 4.78 is 68.7. The van der Waals surface area contributed by atoms with Crippen molar-refractivity contribution in [3.05, 3.63) is 48.5 Å². The Kier molecular flexibility index (Phi) is 19.0. The molecule has 1 heterocycles. The predicted octanol–water partition coefficient (Wildman–Crippen LogP) is 3.36. The molecule has 2 aromatic rings. The summed E-state index contributed by atoms with van der Waals surface area (Å²) in [6, 6.07) is 11.6. The van der Waals surface area contributed by atoms with Crippen LogP contribution in [0.1, 0.15) is 55.4 Å². The number of hydrogen-bond donors (Lipinski definition) is 3. The maximum atomic E-state index is 13.1. The van der Waals surface area contributed by atoms with Crippen LogP contribution in [-0.4, -0.2) is 102 Å². The van der Waals surface area contributed by atoms with Crippen LogP contribution in [0.3, 0.4) is 0 Å². The number of amides is 2. The number of carbonyl (C=O) groups is 2. The quantitative estimate of drug-likeness (QED) is 0.104. The zero-order valence-electron chi connectivity index (χ0n) is 27.5. The summed E-state index contributed by atoms with van der Waals surface area (Å²) in [4.78, 5) is 30.6. The van der Waals surface area contributed by atoms with Crippen molar-refractivity contribution < 1.29 is 55.4 Å². The van der Waals surface area contributed by atoms with E-state index < -0.39 is 41.0 Å². The summed E-state index contributed by atoms with van der Waals surface area (Å²) in [5.74, 6) is -0.688. The van der Waals surface area contributed by atoms with Crippen LogP contribution in [0.2, 0.25) is 0 Å². The molecular weight excluding hydrogens is 682 g/mol. The lowest BCUT2D eigenvalue weighted by Crippen LogP contribution is -2.57. The molecule has 49 heavy (non-hydrogen) atoms. The molecule has 0 atom stereocenters. The molecule has 1 aliphatic heterocycles. The largest absolute Gasteiger partial charge is 0.468 e. The molecule has 17 heteroatoms. The first-order chi connectivity index (χ1) is 22.1. The number of carbonyl (C=O) groups excluding carboxylic acids is 2. The van der Waals surface area contributed by atoms with Gasteiger partial charge in [-0.05, 0) is 109 Å². The van der Waals surface area contributed by atoms with Gasteiger partial charge >= 0.3 is 0 Å². The SMILES string of the molecule is C.C.CCOCOc1ccc(S(=O)(=O)C(C)(C)C(=O)NOC)cc1.CCOCOc1ccc(S(=O)(=O)C2(C(=O)NO)CCN(C)CC2)cc1. The topological polar surface area (TPSA) is 196 Å². The molecule has 0 aliphatic carbocycles. The molecule has 1 aliphatic rings. The lowest BCUT2D eigenvalue weighted by atomic mass is 9.95. The highest BCUT2D eigenvalue weighted by Crippen LogP contribution is 2.36. The summed E-state index contributed by atoms with van der Waals surface area (Å²) in [5, 5.41) is 9.08. The summed E-state index contributed by atoms with van der Waals surface area (Å²) in [6.07, 6.45) is 0.224. The molecule has 3 N–H and O–H groups in total. The van der Waals surface area contributed by atoms with E-state index in [4.69, 9.17) is 24.2 Å². The number of nitrogens with zero attached hydrogens (tertiary/aromatic N) is 1. The number of sulfone groups is 2. The zero-order valence-corrected chi connectivity index (χ0v) is 29.1. The highest BCUT2D eigenvalue weighted by Gasteiger charge is 2.52. The summed E-state index contributed by atoms with van der Waals surface area (Å²) >= 11 is 0. The van der Waals surface area contributed by atoms with Gasteiger partial charge in [0.2, 0.25) is 0 Å². The van der Waals surface area contributed by atoms with Gasteiger partial charge in [0.05, 0.1) is 16.9 Å². The van der Waals surface area contributed by atoms with E-state index in [1.165, 1.54) is 75.0 Å². The van der Waals surface area contributed by atoms with Crippen LogP contribution in [0.5, 0.6) is 11.5 Å². The van der Waals surface area contributed by atoms with Crippen molar-refractivity contribution in [1.29, 1.82) is 0 Å². The van der Waals surface area contributed by atoms with E-state index in [-0.39, 0.29) is 51.1 Å². The average molecular weight is 736 g/mol. The maximum Gasteiger partial charge on any atom is 0.265 e. The van der Waals surface area contributed by atoms with Crippen LogP contribution in [0.4, 0.5) is 0 Å². The van der Waals surface area contributed by atoms with E-state index >= 15 is 0 Å². The van der Waals surface area contributed by atoms with E-state index in [1.807, 2.05) is 31.3 Å². The first-order valence-corrected chi connectivity index (χ1v) is 17.7. The van der Waals surface area contributed by atoms with E-state index in [0.29, 0.717) is 37.8 Å². The minimum atomic E-state index is -3.99. The van der Waals surface area contributed by atoms with Crippen LogP contribution >= 0.6 is 0 Å². The van der Waals surface area contributed by atoms with Gasteiger partial charge < -0.3 is 23.8 Å². The lowest BCUT2D eigenvalue weighted by molar-refractivity contribution is -0.133. The van der Waals surface area contributed by atoms with Crippen molar-refractivity contribution in [3.63, 3.8) is 0 Å². The monoisotopic (exact) mass is 735 g/mol. The lowest BCUT2D eigenvalue weighted by Gasteiger charge is -2.38. The Morgan fingerprint density at radius 3 is 1.65 bits per heavy atom. The molecule has 3 rings (SSSR count). The second-order valence-electron chi connectivity index (χ2n) is 10.8. The fraction of sp³-hybridized carbons (Fsp3) is 0.562. The van der Waals surface area contributed by atoms with E-state index in [2.05, 4.69) is 4.84 Å². The van der Waals surface area contributed by atoms with Gasteiger partial charge in [-0.15, -0.1) is 0 Å². The van der Waals surface area contributed by atoms with E-state index in [1.54, 1.807) is 0 Å². The normalized spacial score (nSPS) is 14.5. The standard InChI is InChI=1S/C16H24N2O6S.C14H21NO6S.2CH4/c1-3-23-12-24-13-4-6-14(7-5-13)25(21,22)16(15(19)17-20)8-10-18(2)11-9-16;1-5-20-10-21-11-6-8-12(9-7-11)22(17,18)14(2,3)13(16)15-19-4;;/h4-7,20H,3,8-12H2,1-2H3,(H,17,19);6-9H,5,10H2,1-4H3,(H,15,16);2*1H4. The Labute approximate surface area is 291 Å². The third kappa shape index (κ3) is 11.1. The number of hydroxylamine groups is 2. The number of nitrogens with one attached hydrogen (secondary N) is 2. The number of rotatable bonds is 15. The highest BCUT2D eigenvalue weighted by molar-refractivity contribution is 7.94.